The molecule has 2 rings (SSSR count). The van der Waals surface area contributed by atoms with Crippen molar-refractivity contribution in [1.29, 1.82) is 0 Å². The van der Waals surface area contributed by atoms with Crippen LogP contribution in [-0.2, 0) is 4.79 Å². The average Bonchev–Trinajstić information content (AvgIpc) is 2.89. The molecule has 1 unspecified atom stereocenters. The van der Waals surface area contributed by atoms with Crippen LogP contribution in [0.2, 0.25) is 0 Å². The van der Waals surface area contributed by atoms with E-state index in [9.17, 15) is 4.79 Å². The van der Waals surface area contributed by atoms with Crippen LogP contribution in [-0.4, -0.2) is 22.1 Å². The van der Waals surface area contributed by atoms with Gasteiger partial charge in [-0.05, 0) is 32.6 Å². The van der Waals surface area contributed by atoms with Crippen molar-refractivity contribution in [1.82, 2.24) is 15.5 Å². The molecule has 7 heteroatoms. The number of halogens is 1. The highest BCUT2D eigenvalue weighted by atomic mass is 35.5. The van der Waals surface area contributed by atoms with E-state index in [0.29, 0.717) is 24.1 Å². The number of aromatic nitrogens is 2. The molecule has 6 nitrogen and oxygen atoms in total. The van der Waals surface area contributed by atoms with Crippen molar-refractivity contribution < 1.29 is 9.32 Å². The van der Waals surface area contributed by atoms with Crippen molar-refractivity contribution in [3.8, 4) is 0 Å². The molecule has 0 bridgehead atoms. The summed E-state index contributed by atoms with van der Waals surface area (Å²) in [7, 11) is 0. The Labute approximate surface area is 118 Å². The first-order valence-electron chi connectivity index (χ1n) is 6.41. The summed E-state index contributed by atoms with van der Waals surface area (Å²) in [4.78, 5) is 16.0. The summed E-state index contributed by atoms with van der Waals surface area (Å²) < 4.78 is 5.02. The molecule has 1 aliphatic carbocycles. The van der Waals surface area contributed by atoms with Crippen LogP contribution in [0.25, 0.3) is 0 Å². The van der Waals surface area contributed by atoms with Gasteiger partial charge in [-0.15, -0.1) is 12.4 Å². The minimum absolute atomic E-state index is 0. The fourth-order valence-corrected chi connectivity index (χ4v) is 2.41. The molecule has 1 saturated carbocycles. The second kappa shape index (κ2) is 6.86. The second-order valence-corrected chi connectivity index (χ2v) is 5.03. The van der Waals surface area contributed by atoms with Crippen LogP contribution >= 0.6 is 12.4 Å². The lowest BCUT2D eigenvalue weighted by molar-refractivity contribution is -0.122. The number of nitrogens with two attached hydrogens (primary N) is 1. The van der Waals surface area contributed by atoms with Crippen LogP contribution < -0.4 is 11.1 Å². The van der Waals surface area contributed by atoms with Gasteiger partial charge in [0.2, 0.25) is 11.8 Å². The third-order valence-corrected chi connectivity index (χ3v) is 3.46. The van der Waals surface area contributed by atoms with E-state index in [1.807, 2.05) is 6.92 Å². The molecule has 108 valence electrons. The second-order valence-electron chi connectivity index (χ2n) is 5.03. The summed E-state index contributed by atoms with van der Waals surface area (Å²) >= 11 is 0. The molecule has 1 amide bonds. The minimum atomic E-state index is -0.253. The molecule has 19 heavy (non-hydrogen) atoms. The fraction of sp³-hybridized carbons (Fsp3) is 0.750. The van der Waals surface area contributed by atoms with Crippen molar-refractivity contribution in [2.24, 2.45) is 11.7 Å². The van der Waals surface area contributed by atoms with E-state index >= 15 is 0 Å². The van der Waals surface area contributed by atoms with Crippen LogP contribution in [0.15, 0.2) is 4.52 Å². The number of amides is 1. The number of rotatable bonds is 4. The van der Waals surface area contributed by atoms with E-state index in [2.05, 4.69) is 15.5 Å². The Kier molecular flexibility index (Phi) is 5.75. The molecule has 0 aliphatic heterocycles. The zero-order chi connectivity index (χ0) is 13.1. The maximum atomic E-state index is 11.9. The highest BCUT2D eigenvalue weighted by molar-refractivity contribution is 5.85. The van der Waals surface area contributed by atoms with Gasteiger partial charge < -0.3 is 15.6 Å². The van der Waals surface area contributed by atoms with Gasteiger partial charge in [0.15, 0.2) is 5.82 Å². The van der Waals surface area contributed by atoms with Gasteiger partial charge >= 0.3 is 0 Å². The van der Waals surface area contributed by atoms with Crippen molar-refractivity contribution in [2.45, 2.75) is 51.6 Å². The third kappa shape index (κ3) is 4.18. The van der Waals surface area contributed by atoms with E-state index in [0.717, 1.165) is 19.3 Å². The Morgan fingerprint density at radius 3 is 2.84 bits per heavy atom. The average molecular weight is 289 g/mol. The first kappa shape index (κ1) is 15.9. The number of hydrogen-bond donors (Lipinski definition) is 2. The van der Waals surface area contributed by atoms with Gasteiger partial charge in [-0.2, -0.15) is 4.98 Å². The molecule has 0 spiro atoms. The minimum Gasteiger partial charge on any atom is -0.345 e. The van der Waals surface area contributed by atoms with Gasteiger partial charge in [0.25, 0.3) is 0 Å². The first-order chi connectivity index (χ1) is 8.56. The molecule has 0 radical (unpaired) electrons. The highest BCUT2D eigenvalue weighted by Gasteiger charge is 2.27. The van der Waals surface area contributed by atoms with E-state index in [1.165, 1.54) is 0 Å². The Morgan fingerprint density at radius 1 is 1.58 bits per heavy atom. The predicted octanol–water partition coefficient (Wildman–Crippen LogP) is 1.49. The summed E-state index contributed by atoms with van der Waals surface area (Å²) in [6, 6.07) is -0.0898. The zero-order valence-electron chi connectivity index (χ0n) is 11.3. The molecule has 1 heterocycles. The maximum Gasteiger partial charge on any atom is 0.248 e. The molecular weight excluding hydrogens is 268 g/mol. The molecule has 1 aliphatic rings. The number of nitrogens with one attached hydrogen (secondary N) is 1. The molecule has 0 aromatic carbocycles. The van der Waals surface area contributed by atoms with E-state index in [1.54, 1.807) is 6.92 Å². The predicted molar refractivity (Wildman–Crippen MR) is 72.8 cm³/mol. The summed E-state index contributed by atoms with van der Waals surface area (Å²) in [6.07, 6.45) is 3.68. The van der Waals surface area contributed by atoms with Crippen LogP contribution in [0.3, 0.4) is 0 Å². The molecule has 3 atom stereocenters. The van der Waals surface area contributed by atoms with E-state index in [4.69, 9.17) is 10.3 Å². The highest BCUT2D eigenvalue weighted by Crippen LogP contribution is 2.26. The molecule has 0 saturated heterocycles. The van der Waals surface area contributed by atoms with Crippen LogP contribution in [0, 0.1) is 12.8 Å². The molecule has 3 N–H and O–H groups in total. The van der Waals surface area contributed by atoms with Gasteiger partial charge in [-0.3, -0.25) is 4.79 Å². The topological polar surface area (TPSA) is 94.0 Å². The summed E-state index contributed by atoms with van der Waals surface area (Å²) in [6.45, 7) is 3.58. The fourth-order valence-electron chi connectivity index (χ4n) is 2.41. The van der Waals surface area contributed by atoms with Crippen molar-refractivity contribution in [3.05, 3.63) is 11.7 Å². The molecule has 1 aromatic heterocycles. The number of carbonyl (C=O) groups is 1. The van der Waals surface area contributed by atoms with E-state index < -0.39 is 0 Å². The maximum absolute atomic E-state index is 11.9. The normalized spacial score (nSPS) is 23.7. The monoisotopic (exact) mass is 288 g/mol. The lowest BCUT2D eigenvalue weighted by atomic mass is 10.00. The lowest BCUT2D eigenvalue weighted by Crippen LogP contribution is -2.33. The van der Waals surface area contributed by atoms with Crippen LogP contribution in [0.1, 0.15) is 50.4 Å². The summed E-state index contributed by atoms with van der Waals surface area (Å²) in [5.41, 5.74) is 5.95. The van der Waals surface area contributed by atoms with Gasteiger partial charge in [0.1, 0.15) is 6.04 Å². The largest absolute Gasteiger partial charge is 0.345 e. The van der Waals surface area contributed by atoms with Crippen LogP contribution in [0.4, 0.5) is 0 Å². The van der Waals surface area contributed by atoms with Crippen molar-refractivity contribution >= 4 is 18.3 Å². The Bertz CT molecular complexity index is 424. The number of hydrogen-bond acceptors (Lipinski definition) is 5. The SMILES string of the molecule is Cc1noc(C(C)NC(=O)C[C@@H]2CCC[C@H]2N)n1.Cl. The van der Waals surface area contributed by atoms with Gasteiger partial charge in [0.05, 0.1) is 0 Å². The Morgan fingerprint density at radius 2 is 2.32 bits per heavy atom. The first-order valence-corrected chi connectivity index (χ1v) is 6.41. The zero-order valence-corrected chi connectivity index (χ0v) is 12.1. The molecule has 1 fully saturated rings. The number of carbonyl (C=O) groups excluding carboxylic acids is 1. The molecule has 1 aromatic rings. The van der Waals surface area contributed by atoms with Gasteiger partial charge in [-0.1, -0.05) is 11.6 Å². The van der Waals surface area contributed by atoms with Crippen LogP contribution in [0.5, 0.6) is 0 Å². The quantitative estimate of drug-likeness (QED) is 0.875. The van der Waals surface area contributed by atoms with E-state index in [-0.39, 0.29) is 30.4 Å². The van der Waals surface area contributed by atoms with Gasteiger partial charge in [0, 0.05) is 12.5 Å². The summed E-state index contributed by atoms with van der Waals surface area (Å²) in [5.74, 6) is 1.32. The van der Waals surface area contributed by atoms with Crippen molar-refractivity contribution in [2.75, 3.05) is 0 Å². The lowest BCUT2D eigenvalue weighted by Gasteiger charge is -2.16. The third-order valence-electron chi connectivity index (χ3n) is 3.46. The molecular formula is C12H21ClN4O2. The Balaban J connectivity index is 0.00000180. The van der Waals surface area contributed by atoms with Crippen molar-refractivity contribution in [3.63, 3.8) is 0 Å². The smallest absolute Gasteiger partial charge is 0.248 e. The number of aryl methyl sites for hydroxylation is 1. The van der Waals surface area contributed by atoms with Gasteiger partial charge in [-0.25, -0.2) is 0 Å². The summed E-state index contributed by atoms with van der Waals surface area (Å²) in [5, 5.41) is 6.57. The Hall–Kier alpha value is -1.14. The standard InChI is InChI=1S/C12H20N4O2.ClH/c1-7(12-15-8(2)16-18-12)14-11(17)6-9-4-3-5-10(9)13;/h7,9-10H,3-6,13H2,1-2H3,(H,14,17);1H/t7?,9-,10+;/m0./s1. The number of nitrogens with zero attached hydrogens (tertiary/aromatic N) is 2.